The molecule has 7 heteroatoms. The first-order chi connectivity index (χ1) is 12.1. The average Bonchev–Trinajstić information content (AvgIpc) is 2.91. The van der Waals surface area contributed by atoms with E-state index in [0.717, 1.165) is 28.9 Å². The number of aryl methyl sites for hydroxylation is 2. The molecule has 2 rings (SSSR count). The summed E-state index contributed by atoms with van der Waals surface area (Å²) in [5.41, 5.74) is 1.94. The van der Waals surface area contributed by atoms with Crippen LogP contribution < -0.4 is 20.1 Å². The molecule has 1 aromatic carbocycles. The summed E-state index contributed by atoms with van der Waals surface area (Å²) >= 11 is 1.68. The Kier molecular flexibility index (Phi) is 7.06. The number of aliphatic imine (C=N–C) groups is 1. The van der Waals surface area contributed by atoms with Crippen LogP contribution in [0.1, 0.15) is 29.4 Å². The highest BCUT2D eigenvalue weighted by molar-refractivity contribution is 7.11. The summed E-state index contributed by atoms with van der Waals surface area (Å²) in [6.45, 7) is 9.98. The minimum atomic E-state index is 0.581. The van der Waals surface area contributed by atoms with Crippen molar-refractivity contribution in [2.24, 2.45) is 4.99 Å². The summed E-state index contributed by atoms with van der Waals surface area (Å²) in [6, 6.07) is 5.74. The van der Waals surface area contributed by atoms with Crippen LogP contribution >= 0.6 is 11.3 Å². The molecule has 0 aliphatic heterocycles. The predicted octanol–water partition coefficient (Wildman–Crippen LogP) is 3.74. The maximum atomic E-state index is 5.63. The maximum Gasteiger partial charge on any atom is 0.196 e. The van der Waals surface area contributed by atoms with Crippen LogP contribution in [0.25, 0.3) is 0 Å². The molecule has 0 saturated heterocycles. The molecule has 2 aromatic rings. The smallest absolute Gasteiger partial charge is 0.196 e. The van der Waals surface area contributed by atoms with Gasteiger partial charge in [0.15, 0.2) is 17.5 Å². The third-order valence-electron chi connectivity index (χ3n) is 3.45. The van der Waals surface area contributed by atoms with Crippen molar-refractivity contribution in [1.82, 2.24) is 10.3 Å². The van der Waals surface area contributed by atoms with Crippen LogP contribution in [-0.4, -0.2) is 31.2 Å². The van der Waals surface area contributed by atoms with Crippen molar-refractivity contribution in [2.45, 2.75) is 34.2 Å². The molecule has 0 unspecified atom stereocenters. The number of methoxy groups -OCH3 is 1. The number of hydrogen-bond donors (Lipinski definition) is 2. The van der Waals surface area contributed by atoms with Gasteiger partial charge in [0.25, 0.3) is 0 Å². The molecule has 25 heavy (non-hydrogen) atoms. The zero-order chi connectivity index (χ0) is 18.2. The number of aromatic nitrogens is 1. The van der Waals surface area contributed by atoms with E-state index in [9.17, 15) is 0 Å². The normalized spacial score (nSPS) is 11.3. The van der Waals surface area contributed by atoms with Gasteiger partial charge in [-0.1, -0.05) is 0 Å². The van der Waals surface area contributed by atoms with Crippen LogP contribution in [0.3, 0.4) is 0 Å². The Balaban J connectivity index is 2.16. The lowest BCUT2D eigenvalue weighted by atomic mass is 10.2. The van der Waals surface area contributed by atoms with Gasteiger partial charge in [-0.15, -0.1) is 11.3 Å². The van der Waals surface area contributed by atoms with Gasteiger partial charge < -0.3 is 20.1 Å². The highest BCUT2D eigenvalue weighted by Crippen LogP contribution is 2.30. The van der Waals surface area contributed by atoms with Crippen LogP contribution in [0.2, 0.25) is 0 Å². The van der Waals surface area contributed by atoms with E-state index in [4.69, 9.17) is 9.47 Å². The van der Waals surface area contributed by atoms with E-state index in [0.29, 0.717) is 24.7 Å². The fourth-order valence-electron chi connectivity index (χ4n) is 2.34. The van der Waals surface area contributed by atoms with E-state index < -0.39 is 0 Å². The number of nitrogens with zero attached hydrogens (tertiary/aromatic N) is 2. The number of anilines is 1. The van der Waals surface area contributed by atoms with E-state index in [1.807, 2.05) is 45.9 Å². The average molecular weight is 362 g/mol. The Hall–Kier alpha value is -2.28. The summed E-state index contributed by atoms with van der Waals surface area (Å²) in [6.07, 6.45) is 0. The zero-order valence-electron chi connectivity index (χ0n) is 15.5. The van der Waals surface area contributed by atoms with Crippen molar-refractivity contribution in [3.05, 3.63) is 33.8 Å². The standard InChI is InChI=1S/C18H26N4O2S/c1-6-19-18(20-11-17-12(3)21-13(4)25-17)22-14-8-9-15(23-5)16(10-14)24-7-2/h8-10H,6-7,11H2,1-5H3,(H2,19,20,22). The molecule has 136 valence electrons. The molecule has 0 saturated carbocycles. The molecular weight excluding hydrogens is 336 g/mol. The molecule has 0 aliphatic carbocycles. The van der Waals surface area contributed by atoms with E-state index in [-0.39, 0.29) is 0 Å². The van der Waals surface area contributed by atoms with Gasteiger partial charge in [0.2, 0.25) is 0 Å². The molecule has 6 nitrogen and oxygen atoms in total. The molecular formula is C18H26N4O2S. The Morgan fingerprint density at radius 1 is 1.24 bits per heavy atom. The molecule has 1 heterocycles. The van der Waals surface area contributed by atoms with Gasteiger partial charge in [0.1, 0.15) is 0 Å². The number of ether oxygens (including phenoxy) is 2. The Labute approximate surface area is 153 Å². The molecule has 2 N–H and O–H groups in total. The Morgan fingerprint density at radius 2 is 2.04 bits per heavy atom. The van der Waals surface area contributed by atoms with Gasteiger partial charge in [-0.25, -0.2) is 9.98 Å². The van der Waals surface area contributed by atoms with Crippen molar-refractivity contribution in [1.29, 1.82) is 0 Å². The zero-order valence-corrected chi connectivity index (χ0v) is 16.3. The second-order valence-corrected chi connectivity index (χ2v) is 6.65. The lowest BCUT2D eigenvalue weighted by Gasteiger charge is -2.14. The van der Waals surface area contributed by atoms with Crippen molar-refractivity contribution < 1.29 is 9.47 Å². The number of hydrogen-bond acceptors (Lipinski definition) is 5. The van der Waals surface area contributed by atoms with Gasteiger partial charge in [-0.3, -0.25) is 0 Å². The minimum absolute atomic E-state index is 0.581. The molecule has 0 aliphatic rings. The number of benzene rings is 1. The number of thiazole rings is 1. The van der Waals surface area contributed by atoms with E-state index >= 15 is 0 Å². The SMILES string of the molecule is CCNC(=NCc1sc(C)nc1C)Nc1ccc(OC)c(OCC)c1. The van der Waals surface area contributed by atoms with Gasteiger partial charge >= 0.3 is 0 Å². The summed E-state index contributed by atoms with van der Waals surface area (Å²) < 4.78 is 10.9. The molecule has 0 atom stereocenters. The van der Waals surface area contributed by atoms with Crippen molar-refractivity contribution in [3.8, 4) is 11.5 Å². The van der Waals surface area contributed by atoms with Gasteiger partial charge in [0, 0.05) is 23.2 Å². The molecule has 0 spiro atoms. The lowest BCUT2D eigenvalue weighted by Crippen LogP contribution is -2.30. The molecule has 0 bridgehead atoms. The van der Waals surface area contributed by atoms with Crippen LogP contribution in [0, 0.1) is 13.8 Å². The largest absolute Gasteiger partial charge is 0.493 e. The predicted molar refractivity (Wildman–Crippen MR) is 104 cm³/mol. The highest BCUT2D eigenvalue weighted by atomic mass is 32.1. The molecule has 0 amide bonds. The first kappa shape index (κ1) is 19.1. The fourth-order valence-corrected chi connectivity index (χ4v) is 3.20. The number of rotatable bonds is 7. The third-order valence-corrected chi connectivity index (χ3v) is 4.51. The first-order valence-corrected chi connectivity index (χ1v) is 9.18. The second kappa shape index (κ2) is 9.27. The van der Waals surface area contributed by atoms with Crippen molar-refractivity contribution in [2.75, 3.05) is 25.6 Å². The summed E-state index contributed by atoms with van der Waals surface area (Å²) in [5, 5.41) is 7.64. The third kappa shape index (κ3) is 5.35. The fraction of sp³-hybridized carbons (Fsp3) is 0.444. The Morgan fingerprint density at radius 3 is 2.64 bits per heavy atom. The topological polar surface area (TPSA) is 67.8 Å². The number of guanidine groups is 1. The minimum Gasteiger partial charge on any atom is -0.493 e. The van der Waals surface area contributed by atoms with Gasteiger partial charge in [-0.2, -0.15) is 0 Å². The molecule has 0 fully saturated rings. The van der Waals surface area contributed by atoms with E-state index in [1.54, 1.807) is 18.4 Å². The van der Waals surface area contributed by atoms with Gasteiger partial charge in [-0.05, 0) is 39.8 Å². The van der Waals surface area contributed by atoms with Crippen molar-refractivity contribution in [3.63, 3.8) is 0 Å². The molecule has 1 aromatic heterocycles. The lowest BCUT2D eigenvalue weighted by molar-refractivity contribution is 0.311. The van der Waals surface area contributed by atoms with Crippen LogP contribution in [0.4, 0.5) is 5.69 Å². The van der Waals surface area contributed by atoms with Gasteiger partial charge in [0.05, 0.1) is 31.0 Å². The van der Waals surface area contributed by atoms with E-state index in [2.05, 4.69) is 20.6 Å². The second-order valence-electron chi connectivity index (χ2n) is 5.36. The van der Waals surface area contributed by atoms with Crippen molar-refractivity contribution >= 4 is 23.0 Å². The Bertz CT molecular complexity index is 728. The van der Waals surface area contributed by atoms with Crippen LogP contribution in [-0.2, 0) is 6.54 Å². The summed E-state index contributed by atoms with van der Waals surface area (Å²) in [7, 11) is 1.63. The highest BCUT2D eigenvalue weighted by Gasteiger charge is 2.08. The summed E-state index contributed by atoms with van der Waals surface area (Å²) in [5.74, 6) is 2.14. The maximum absolute atomic E-state index is 5.63. The van der Waals surface area contributed by atoms with E-state index in [1.165, 1.54) is 4.88 Å². The molecule has 0 radical (unpaired) electrons. The quantitative estimate of drug-likeness (QED) is 0.580. The number of nitrogens with one attached hydrogen (secondary N) is 2. The van der Waals surface area contributed by atoms with Crippen LogP contribution in [0.15, 0.2) is 23.2 Å². The van der Waals surface area contributed by atoms with Crippen LogP contribution in [0.5, 0.6) is 11.5 Å². The monoisotopic (exact) mass is 362 g/mol. The summed E-state index contributed by atoms with van der Waals surface area (Å²) in [4.78, 5) is 10.3. The first-order valence-electron chi connectivity index (χ1n) is 8.36.